The number of aromatic amines is 1. The van der Waals surface area contributed by atoms with Crippen LogP contribution in [0.4, 0.5) is 5.82 Å². The highest BCUT2D eigenvalue weighted by atomic mass is 32.2. The largest absolute Gasteiger partial charge is 0.305 e. The lowest BCUT2D eigenvalue weighted by Gasteiger charge is -2.17. The van der Waals surface area contributed by atoms with E-state index in [1.54, 1.807) is 55.7 Å². The van der Waals surface area contributed by atoms with Crippen LogP contribution in [0.3, 0.4) is 0 Å². The number of fused-ring (bicyclic) bond motifs is 1. The lowest BCUT2D eigenvalue weighted by Crippen LogP contribution is -2.27. The molecule has 0 fully saturated rings. The lowest BCUT2D eigenvalue weighted by atomic mass is 10.2. The van der Waals surface area contributed by atoms with E-state index in [4.69, 9.17) is 0 Å². The van der Waals surface area contributed by atoms with E-state index in [0.29, 0.717) is 22.6 Å². The van der Waals surface area contributed by atoms with Gasteiger partial charge in [-0.05, 0) is 36.3 Å². The van der Waals surface area contributed by atoms with Crippen molar-refractivity contribution in [3.05, 3.63) is 77.3 Å². The highest BCUT2D eigenvalue weighted by molar-refractivity contribution is 7.89. The Kier molecular flexibility index (Phi) is 4.99. The van der Waals surface area contributed by atoms with Crippen LogP contribution in [0, 0.1) is 6.92 Å². The van der Waals surface area contributed by atoms with Crippen molar-refractivity contribution in [2.24, 2.45) is 0 Å². The van der Waals surface area contributed by atoms with Crippen LogP contribution in [0.2, 0.25) is 0 Å². The van der Waals surface area contributed by atoms with Gasteiger partial charge in [-0.15, -0.1) is 0 Å². The zero-order chi connectivity index (χ0) is 20.4. The number of sulfonamides is 1. The molecule has 9 heteroatoms. The lowest BCUT2D eigenvalue weighted by molar-refractivity contribution is -0.111. The van der Waals surface area contributed by atoms with E-state index in [1.807, 2.05) is 6.07 Å². The first-order valence-electron chi connectivity index (χ1n) is 8.96. The topological polar surface area (TPSA) is 108 Å². The SMILES string of the molecule is Cc1ccccc1S(=O)(=O)N1Cc2[nH]nc(NC(=O)C=Cc3cccnc3)c2C1. The van der Waals surface area contributed by atoms with E-state index in [-0.39, 0.29) is 23.9 Å². The van der Waals surface area contributed by atoms with Gasteiger partial charge in [-0.25, -0.2) is 8.42 Å². The molecular formula is C20H19N5O3S. The Morgan fingerprint density at radius 1 is 1.21 bits per heavy atom. The summed E-state index contributed by atoms with van der Waals surface area (Å²) in [6.45, 7) is 2.09. The Balaban J connectivity index is 1.49. The molecule has 0 saturated heterocycles. The van der Waals surface area contributed by atoms with Crippen molar-refractivity contribution in [1.29, 1.82) is 0 Å². The standard InChI is InChI=1S/C20H19N5O3S/c1-14-5-2-3-7-18(14)29(27,28)25-12-16-17(13-25)23-24-20(16)22-19(26)9-8-15-6-4-10-21-11-15/h2-11H,12-13H2,1H3,(H2,22,23,24,26). The first kappa shape index (κ1) is 19.0. The van der Waals surface area contributed by atoms with E-state index < -0.39 is 10.0 Å². The van der Waals surface area contributed by atoms with Gasteiger partial charge in [-0.2, -0.15) is 9.40 Å². The molecule has 2 N–H and O–H groups in total. The summed E-state index contributed by atoms with van der Waals surface area (Å²) >= 11 is 0. The van der Waals surface area contributed by atoms with Gasteiger partial charge < -0.3 is 5.32 Å². The monoisotopic (exact) mass is 409 g/mol. The molecule has 1 amide bonds. The van der Waals surface area contributed by atoms with E-state index >= 15 is 0 Å². The van der Waals surface area contributed by atoms with Crippen LogP contribution in [0.15, 0.2) is 59.8 Å². The third kappa shape index (κ3) is 3.82. The number of aromatic nitrogens is 3. The first-order valence-corrected chi connectivity index (χ1v) is 10.4. The number of nitrogens with zero attached hydrogens (tertiary/aromatic N) is 3. The van der Waals surface area contributed by atoms with Crippen molar-refractivity contribution < 1.29 is 13.2 Å². The average molecular weight is 409 g/mol. The molecule has 0 bridgehead atoms. The number of pyridine rings is 1. The molecule has 29 heavy (non-hydrogen) atoms. The molecule has 148 valence electrons. The number of H-pyrrole nitrogens is 1. The number of anilines is 1. The van der Waals surface area contributed by atoms with Crippen molar-refractivity contribution in [1.82, 2.24) is 19.5 Å². The van der Waals surface area contributed by atoms with Crippen LogP contribution in [-0.4, -0.2) is 33.8 Å². The van der Waals surface area contributed by atoms with E-state index in [0.717, 1.165) is 5.56 Å². The fourth-order valence-corrected chi connectivity index (χ4v) is 4.78. The fraction of sp³-hybridized carbons (Fsp3) is 0.150. The fourth-order valence-electron chi connectivity index (χ4n) is 3.17. The van der Waals surface area contributed by atoms with Gasteiger partial charge in [0.2, 0.25) is 15.9 Å². The van der Waals surface area contributed by atoms with Crippen molar-refractivity contribution in [2.75, 3.05) is 5.32 Å². The van der Waals surface area contributed by atoms with Gasteiger partial charge in [0.1, 0.15) is 0 Å². The third-order valence-corrected chi connectivity index (χ3v) is 6.64. The van der Waals surface area contributed by atoms with Gasteiger partial charge in [-0.1, -0.05) is 24.3 Å². The quantitative estimate of drug-likeness (QED) is 0.630. The molecule has 1 aromatic carbocycles. The van der Waals surface area contributed by atoms with E-state index in [9.17, 15) is 13.2 Å². The average Bonchev–Trinajstić information content (AvgIpc) is 3.30. The van der Waals surface area contributed by atoms with Crippen LogP contribution in [0.25, 0.3) is 6.08 Å². The predicted molar refractivity (Wildman–Crippen MR) is 108 cm³/mol. The number of hydrogen-bond donors (Lipinski definition) is 2. The van der Waals surface area contributed by atoms with Crippen molar-refractivity contribution in [3.63, 3.8) is 0 Å². The van der Waals surface area contributed by atoms with Crippen molar-refractivity contribution in [3.8, 4) is 0 Å². The minimum absolute atomic E-state index is 0.143. The van der Waals surface area contributed by atoms with Crippen LogP contribution < -0.4 is 5.32 Å². The maximum atomic E-state index is 13.0. The van der Waals surface area contributed by atoms with E-state index in [2.05, 4.69) is 20.5 Å². The van der Waals surface area contributed by atoms with Crippen molar-refractivity contribution >= 4 is 27.8 Å². The second-order valence-corrected chi connectivity index (χ2v) is 8.58. The molecule has 0 atom stereocenters. The minimum Gasteiger partial charge on any atom is -0.305 e. The van der Waals surface area contributed by atoms with Crippen LogP contribution in [0.5, 0.6) is 0 Å². The number of carbonyl (C=O) groups excluding carboxylic acids is 1. The summed E-state index contributed by atoms with van der Waals surface area (Å²) in [5.41, 5.74) is 2.83. The van der Waals surface area contributed by atoms with Gasteiger partial charge in [0.05, 0.1) is 17.1 Å². The maximum absolute atomic E-state index is 13.0. The Morgan fingerprint density at radius 2 is 2.03 bits per heavy atom. The van der Waals surface area contributed by atoms with E-state index in [1.165, 1.54) is 10.4 Å². The molecular weight excluding hydrogens is 390 g/mol. The Labute approximate surface area is 168 Å². The number of carbonyl (C=O) groups is 1. The maximum Gasteiger partial charge on any atom is 0.249 e. The van der Waals surface area contributed by atoms with Gasteiger partial charge in [0, 0.05) is 30.6 Å². The van der Waals surface area contributed by atoms with Crippen LogP contribution in [0.1, 0.15) is 22.4 Å². The summed E-state index contributed by atoms with van der Waals surface area (Å²) < 4.78 is 27.4. The van der Waals surface area contributed by atoms with Crippen LogP contribution in [-0.2, 0) is 27.9 Å². The van der Waals surface area contributed by atoms with Gasteiger partial charge in [0.15, 0.2) is 5.82 Å². The number of benzene rings is 1. The normalized spacial score (nSPS) is 14.2. The summed E-state index contributed by atoms with van der Waals surface area (Å²) in [7, 11) is -3.65. The molecule has 0 radical (unpaired) electrons. The zero-order valence-electron chi connectivity index (χ0n) is 15.7. The zero-order valence-corrected chi connectivity index (χ0v) is 16.5. The second-order valence-electron chi connectivity index (χ2n) is 6.68. The molecule has 0 unspecified atom stereocenters. The Hall–Kier alpha value is -3.30. The molecule has 2 aromatic heterocycles. The molecule has 1 aliphatic heterocycles. The summed E-state index contributed by atoms with van der Waals surface area (Å²) in [5, 5.41) is 9.65. The molecule has 0 saturated carbocycles. The number of hydrogen-bond acceptors (Lipinski definition) is 5. The Bertz CT molecular complexity index is 1190. The number of rotatable bonds is 5. The summed E-state index contributed by atoms with van der Waals surface area (Å²) in [4.78, 5) is 16.5. The molecule has 4 rings (SSSR count). The summed E-state index contributed by atoms with van der Waals surface area (Å²) in [6, 6.07) is 10.5. The summed E-state index contributed by atoms with van der Waals surface area (Å²) in [6.07, 6.45) is 6.32. The molecule has 0 spiro atoms. The summed E-state index contributed by atoms with van der Waals surface area (Å²) in [5.74, 6) is -0.0216. The molecule has 0 aliphatic carbocycles. The van der Waals surface area contributed by atoms with Gasteiger partial charge in [0.25, 0.3) is 0 Å². The number of nitrogens with one attached hydrogen (secondary N) is 2. The highest BCUT2D eigenvalue weighted by Gasteiger charge is 2.34. The number of aryl methyl sites for hydroxylation is 1. The third-order valence-electron chi connectivity index (χ3n) is 4.69. The minimum atomic E-state index is -3.65. The molecule has 8 nitrogen and oxygen atoms in total. The van der Waals surface area contributed by atoms with Crippen molar-refractivity contribution in [2.45, 2.75) is 24.9 Å². The predicted octanol–water partition coefficient (Wildman–Crippen LogP) is 2.47. The van der Waals surface area contributed by atoms with Gasteiger partial charge >= 0.3 is 0 Å². The first-order chi connectivity index (χ1) is 13.9. The molecule has 3 aromatic rings. The Morgan fingerprint density at radius 3 is 2.79 bits per heavy atom. The molecule has 3 heterocycles. The highest BCUT2D eigenvalue weighted by Crippen LogP contribution is 2.32. The number of amides is 1. The molecule has 1 aliphatic rings. The second kappa shape index (κ2) is 7.61. The smallest absolute Gasteiger partial charge is 0.249 e. The van der Waals surface area contributed by atoms with Gasteiger partial charge in [-0.3, -0.25) is 14.9 Å². The van der Waals surface area contributed by atoms with Crippen LogP contribution >= 0.6 is 0 Å².